The Morgan fingerprint density at radius 1 is 0.345 bits per heavy atom. The molecule has 4 rings (SSSR count). The van der Waals surface area contributed by atoms with Gasteiger partial charge < -0.3 is 0 Å². The quantitative estimate of drug-likeness (QED) is 0.217. The van der Waals surface area contributed by atoms with Crippen LogP contribution in [0.1, 0.15) is 0 Å². The SMILES string of the molecule is C=C.[Ni].c1ccc(Pc2ccccc2)cc1.c1ccc(Pc2ccccc2)cc1. The van der Waals surface area contributed by atoms with E-state index in [9.17, 15) is 0 Å². The van der Waals surface area contributed by atoms with Gasteiger partial charge >= 0.3 is 0 Å². The van der Waals surface area contributed by atoms with Crippen molar-refractivity contribution in [3.63, 3.8) is 0 Å². The van der Waals surface area contributed by atoms with E-state index in [4.69, 9.17) is 0 Å². The smallest absolute Gasteiger partial charge is 0 e. The van der Waals surface area contributed by atoms with Gasteiger partial charge in [0.05, 0.1) is 0 Å². The molecule has 150 valence electrons. The first kappa shape index (κ1) is 25.0. The van der Waals surface area contributed by atoms with Crippen LogP contribution in [-0.4, -0.2) is 0 Å². The van der Waals surface area contributed by atoms with Crippen LogP contribution in [0.4, 0.5) is 0 Å². The molecule has 0 atom stereocenters. The Kier molecular flexibility index (Phi) is 13.7. The van der Waals surface area contributed by atoms with Crippen LogP contribution in [0.15, 0.2) is 134 Å². The van der Waals surface area contributed by atoms with Gasteiger partial charge in [-0.15, -0.1) is 13.2 Å². The van der Waals surface area contributed by atoms with Crippen molar-refractivity contribution in [3.05, 3.63) is 134 Å². The molecule has 0 nitrogen and oxygen atoms in total. The maximum absolute atomic E-state index is 3.00. The Bertz CT molecular complexity index is 731. The number of benzene rings is 4. The minimum Gasteiger partial charge on any atom is -0.106 e. The van der Waals surface area contributed by atoms with E-state index in [1.54, 1.807) is 0 Å². The molecule has 0 N–H and O–H groups in total. The fourth-order valence-corrected chi connectivity index (χ4v) is 4.52. The molecule has 0 saturated carbocycles. The van der Waals surface area contributed by atoms with E-state index in [-0.39, 0.29) is 16.5 Å². The van der Waals surface area contributed by atoms with Crippen molar-refractivity contribution < 1.29 is 16.5 Å². The van der Waals surface area contributed by atoms with E-state index in [1.165, 1.54) is 21.2 Å². The molecule has 3 heteroatoms. The van der Waals surface area contributed by atoms with Gasteiger partial charge in [0.15, 0.2) is 0 Å². The monoisotopic (exact) mass is 458 g/mol. The van der Waals surface area contributed by atoms with Gasteiger partial charge in [0.25, 0.3) is 0 Å². The van der Waals surface area contributed by atoms with Crippen LogP contribution in [-0.2, 0) is 16.5 Å². The standard InChI is InChI=1S/2C12H11P.C2H4.Ni/c2*1-3-7-11(8-4-1)13-12-9-5-2-6-10-12;1-2;/h2*1-10,13H;1-2H2;. The van der Waals surface area contributed by atoms with Gasteiger partial charge in [0.1, 0.15) is 0 Å². The van der Waals surface area contributed by atoms with Crippen LogP contribution in [0.2, 0.25) is 0 Å². The Morgan fingerprint density at radius 2 is 0.517 bits per heavy atom. The zero-order valence-corrected chi connectivity index (χ0v) is 19.3. The minimum absolute atomic E-state index is 0. The first-order valence-electron chi connectivity index (χ1n) is 9.14. The molecule has 4 aromatic carbocycles. The van der Waals surface area contributed by atoms with Gasteiger partial charge in [-0.05, 0) is 21.2 Å². The fourth-order valence-electron chi connectivity index (χ4n) is 2.42. The normalized spacial score (nSPS) is 8.97. The fraction of sp³-hybridized carbons (Fsp3) is 0. The first-order chi connectivity index (χ1) is 13.9. The van der Waals surface area contributed by atoms with Gasteiger partial charge in [0, 0.05) is 16.5 Å². The van der Waals surface area contributed by atoms with Crippen LogP contribution in [0.25, 0.3) is 0 Å². The molecule has 0 heterocycles. The third-order valence-electron chi connectivity index (χ3n) is 3.67. The third-order valence-corrected chi connectivity index (χ3v) is 6.16. The summed E-state index contributed by atoms with van der Waals surface area (Å²) in [5, 5.41) is 5.59. The summed E-state index contributed by atoms with van der Waals surface area (Å²) in [7, 11) is 1.55. The molecule has 0 fully saturated rings. The van der Waals surface area contributed by atoms with Gasteiger partial charge in [-0.3, -0.25) is 0 Å². The van der Waals surface area contributed by atoms with Gasteiger partial charge in [0.2, 0.25) is 0 Å². The van der Waals surface area contributed by atoms with Crippen LogP contribution in [0.3, 0.4) is 0 Å². The van der Waals surface area contributed by atoms with E-state index in [0.717, 1.165) is 17.2 Å². The molecule has 4 aromatic rings. The van der Waals surface area contributed by atoms with E-state index < -0.39 is 0 Å². The Balaban J connectivity index is 0.000000259. The van der Waals surface area contributed by atoms with Gasteiger partial charge in [-0.25, -0.2) is 0 Å². The van der Waals surface area contributed by atoms with E-state index >= 15 is 0 Å². The second kappa shape index (κ2) is 15.8. The number of hydrogen-bond donors (Lipinski definition) is 0. The largest absolute Gasteiger partial charge is 0.106 e. The molecule has 0 aliphatic carbocycles. The Morgan fingerprint density at radius 3 is 0.690 bits per heavy atom. The van der Waals surface area contributed by atoms with Gasteiger partial charge in [-0.2, -0.15) is 0 Å². The summed E-state index contributed by atoms with van der Waals surface area (Å²) in [5.74, 6) is 0. The van der Waals surface area contributed by atoms with E-state index in [0.29, 0.717) is 0 Å². The predicted octanol–water partition coefficient (Wildman–Crippen LogP) is 5.43. The van der Waals surface area contributed by atoms with Crippen LogP contribution >= 0.6 is 17.2 Å². The summed E-state index contributed by atoms with van der Waals surface area (Å²) in [4.78, 5) is 0. The van der Waals surface area contributed by atoms with Crippen molar-refractivity contribution in [1.29, 1.82) is 0 Å². The van der Waals surface area contributed by atoms with Crippen molar-refractivity contribution in [2.45, 2.75) is 0 Å². The maximum atomic E-state index is 3.00. The number of hydrogen-bond acceptors (Lipinski definition) is 0. The van der Waals surface area contributed by atoms with Crippen molar-refractivity contribution >= 4 is 38.4 Å². The number of rotatable bonds is 4. The molecule has 0 aromatic heterocycles. The zero-order valence-electron chi connectivity index (χ0n) is 16.3. The van der Waals surface area contributed by atoms with Crippen LogP contribution in [0, 0.1) is 0 Å². The summed E-state index contributed by atoms with van der Waals surface area (Å²) >= 11 is 0. The van der Waals surface area contributed by atoms with Crippen molar-refractivity contribution in [1.82, 2.24) is 0 Å². The zero-order chi connectivity index (χ0) is 19.9. The summed E-state index contributed by atoms with van der Waals surface area (Å²) < 4.78 is 0. The average molecular weight is 459 g/mol. The predicted molar refractivity (Wildman–Crippen MR) is 132 cm³/mol. The molecule has 0 aliphatic heterocycles. The summed E-state index contributed by atoms with van der Waals surface area (Å²) in [6, 6.07) is 42.3. The summed E-state index contributed by atoms with van der Waals surface area (Å²) in [6.45, 7) is 6.00. The maximum Gasteiger partial charge on any atom is 0 e. The minimum atomic E-state index is 0. The Labute approximate surface area is 189 Å². The second-order valence-electron chi connectivity index (χ2n) is 5.71. The average Bonchev–Trinajstić information content (AvgIpc) is 2.79. The van der Waals surface area contributed by atoms with E-state index in [1.807, 2.05) is 0 Å². The van der Waals surface area contributed by atoms with Crippen molar-refractivity contribution in [3.8, 4) is 0 Å². The molecule has 0 unspecified atom stereocenters. The van der Waals surface area contributed by atoms with Crippen molar-refractivity contribution in [2.24, 2.45) is 0 Å². The molecular formula is C26H26NiP2. The van der Waals surface area contributed by atoms with Crippen LogP contribution in [0.5, 0.6) is 0 Å². The summed E-state index contributed by atoms with van der Waals surface area (Å²) in [6.07, 6.45) is 0. The van der Waals surface area contributed by atoms with Crippen LogP contribution < -0.4 is 21.2 Å². The molecule has 0 amide bonds. The van der Waals surface area contributed by atoms with Crippen molar-refractivity contribution in [2.75, 3.05) is 0 Å². The third kappa shape index (κ3) is 10.4. The first-order valence-corrected chi connectivity index (χ1v) is 11.1. The molecular weight excluding hydrogens is 433 g/mol. The molecule has 0 bridgehead atoms. The Hall–Kier alpha value is -2.03. The second-order valence-corrected chi connectivity index (χ2v) is 8.52. The topological polar surface area (TPSA) is 0 Å². The molecule has 0 saturated heterocycles. The molecule has 0 radical (unpaired) electrons. The van der Waals surface area contributed by atoms with E-state index in [2.05, 4.69) is 134 Å². The molecule has 0 spiro atoms. The molecule has 0 aliphatic rings. The summed E-state index contributed by atoms with van der Waals surface area (Å²) in [5.41, 5.74) is 0. The molecule has 29 heavy (non-hydrogen) atoms. The van der Waals surface area contributed by atoms with Gasteiger partial charge in [-0.1, -0.05) is 138 Å².